The molecular weight excluding hydrogens is 663 g/mol. The first-order valence-corrected chi connectivity index (χ1v) is 18.2. The molecule has 0 bridgehead atoms. The Morgan fingerprint density at radius 2 is 1.30 bits per heavy atom. The summed E-state index contributed by atoms with van der Waals surface area (Å²) in [6.07, 6.45) is 5.29. The molecule has 53 heavy (non-hydrogen) atoms. The first kappa shape index (κ1) is 34.3. The number of hydrogen-bond acceptors (Lipinski definition) is 6. The summed E-state index contributed by atoms with van der Waals surface area (Å²) < 4.78 is 5.94. The minimum atomic E-state index is -0.529. The highest BCUT2D eigenvalue weighted by Gasteiger charge is 2.37. The van der Waals surface area contributed by atoms with Gasteiger partial charge in [-0.15, -0.1) is 0 Å². The number of aromatic amines is 2. The predicted molar refractivity (Wildman–Crippen MR) is 204 cm³/mol. The number of nitrogens with zero attached hydrogens (tertiary/aromatic N) is 5. The van der Waals surface area contributed by atoms with Gasteiger partial charge in [0.1, 0.15) is 11.9 Å². The molecule has 2 aromatic heterocycles. The van der Waals surface area contributed by atoms with Crippen LogP contribution in [0.2, 0.25) is 0 Å². The highest BCUT2D eigenvalue weighted by atomic mass is 16.5. The number of aromatic nitrogens is 4. The van der Waals surface area contributed by atoms with Gasteiger partial charge in [0.05, 0.1) is 42.9 Å². The summed E-state index contributed by atoms with van der Waals surface area (Å²) in [6, 6.07) is 36.1. The van der Waals surface area contributed by atoms with Crippen molar-refractivity contribution in [2.24, 2.45) is 0 Å². The van der Waals surface area contributed by atoms with E-state index in [1.165, 1.54) is 0 Å². The van der Waals surface area contributed by atoms with Crippen molar-refractivity contribution in [2.45, 2.75) is 37.6 Å². The smallest absolute Gasteiger partial charge is 0.245 e. The highest BCUT2D eigenvalue weighted by molar-refractivity contribution is 5.84. The van der Waals surface area contributed by atoms with Gasteiger partial charge in [-0.2, -0.15) is 0 Å². The summed E-state index contributed by atoms with van der Waals surface area (Å²) in [5.74, 6) is 1.57. The minimum Gasteiger partial charge on any atom is -0.349 e. The zero-order valence-electron chi connectivity index (χ0n) is 30.0. The van der Waals surface area contributed by atoms with Crippen LogP contribution in [0.5, 0.6) is 0 Å². The van der Waals surface area contributed by atoms with Crippen LogP contribution in [0.1, 0.15) is 53.9 Å². The Kier molecular flexibility index (Phi) is 9.71. The summed E-state index contributed by atoms with van der Waals surface area (Å²) in [7, 11) is 3.91. The Morgan fingerprint density at radius 3 is 1.92 bits per heavy atom. The van der Waals surface area contributed by atoms with Crippen molar-refractivity contribution in [1.82, 2.24) is 34.6 Å². The van der Waals surface area contributed by atoms with Gasteiger partial charge in [0.15, 0.2) is 12.1 Å². The normalized spacial score (nSPS) is 17.8. The third-order valence-electron chi connectivity index (χ3n) is 10.3. The maximum atomic E-state index is 13.9. The fourth-order valence-electron chi connectivity index (χ4n) is 7.54. The van der Waals surface area contributed by atoms with E-state index in [1.54, 1.807) is 11.1 Å². The quantitative estimate of drug-likeness (QED) is 0.156. The maximum Gasteiger partial charge on any atom is 0.245 e. The molecule has 0 aliphatic carbocycles. The van der Waals surface area contributed by atoms with Crippen molar-refractivity contribution < 1.29 is 14.3 Å². The van der Waals surface area contributed by atoms with Gasteiger partial charge >= 0.3 is 0 Å². The van der Waals surface area contributed by atoms with E-state index in [9.17, 15) is 9.59 Å². The molecule has 268 valence electrons. The predicted octanol–water partition coefficient (Wildman–Crippen LogP) is 7.20. The number of amides is 2. The number of carbonyl (C=O) groups excluding carboxylic acids is 2. The van der Waals surface area contributed by atoms with Crippen molar-refractivity contribution in [3.63, 3.8) is 0 Å². The SMILES string of the molecule is CN(C)[C@@H](C(=O)N1CCC[C@H]1c1ncc(-c2ccc(-c3ccc(-c4cnc([C@@H]5OCCN5C(=O)Cc5ccccc5)[nH]4)cc3)cc2)[nH]1)c1ccccc1. The molecule has 2 aliphatic heterocycles. The van der Waals surface area contributed by atoms with Crippen molar-refractivity contribution in [2.75, 3.05) is 33.8 Å². The van der Waals surface area contributed by atoms with E-state index < -0.39 is 6.23 Å². The van der Waals surface area contributed by atoms with E-state index in [2.05, 4.69) is 63.5 Å². The first-order chi connectivity index (χ1) is 25.9. The highest BCUT2D eigenvalue weighted by Crippen LogP contribution is 2.36. The lowest BCUT2D eigenvalue weighted by atomic mass is 10.0. The second kappa shape index (κ2) is 15.0. The van der Waals surface area contributed by atoms with Crippen LogP contribution in [0.3, 0.4) is 0 Å². The Labute approximate surface area is 309 Å². The van der Waals surface area contributed by atoms with Gasteiger partial charge in [0, 0.05) is 13.1 Å². The number of likely N-dealkylation sites (N-methyl/N-ethyl adjacent to an activating group) is 1. The molecule has 2 aliphatic rings. The van der Waals surface area contributed by atoms with Gasteiger partial charge in [-0.3, -0.25) is 14.5 Å². The monoisotopic (exact) mass is 705 g/mol. The number of rotatable bonds is 10. The van der Waals surface area contributed by atoms with Crippen molar-refractivity contribution in [1.29, 1.82) is 0 Å². The number of imidazole rings is 2. The molecule has 3 atom stereocenters. The summed E-state index contributed by atoms with van der Waals surface area (Å²) >= 11 is 0. The molecule has 0 unspecified atom stereocenters. The number of likely N-dealkylation sites (tertiary alicyclic amines) is 1. The van der Waals surface area contributed by atoms with Crippen LogP contribution in [0.15, 0.2) is 122 Å². The van der Waals surface area contributed by atoms with Crippen molar-refractivity contribution in [3.05, 3.63) is 144 Å². The van der Waals surface area contributed by atoms with E-state index >= 15 is 0 Å². The molecule has 6 aromatic rings. The topological polar surface area (TPSA) is 110 Å². The lowest BCUT2D eigenvalue weighted by Crippen LogP contribution is -2.40. The minimum absolute atomic E-state index is 0.0183. The third-order valence-corrected chi connectivity index (χ3v) is 10.3. The summed E-state index contributed by atoms with van der Waals surface area (Å²) in [4.78, 5) is 49.0. The van der Waals surface area contributed by atoms with E-state index in [0.717, 1.165) is 70.0 Å². The summed E-state index contributed by atoms with van der Waals surface area (Å²) in [6.45, 7) is 1.73. The zero-order valence-corrected chi connectivity index (χ0v) is 30.0. The van der Waals surface area contributed by atoms with Gasteiger partial charge in [-0.25, -0.2) is 9.97 Å². The molecule has 10 heteroatoms. The number of hydrogen-bond donors (Lipinski definition) is 2. The van der Waals surface area contributed by atoms with Crippen LogP contribution in [-0.4, -0.2) is 80.2 Å². The molecule has 2 fully saturated rings. The molecule has 0 radical (unpaired) electrons. The van der Waals surface area contributed by atoms with Crippen LogP contribution in [0.25, 0.3) is 33.6 Å². The summed E-state index contributed by atoms with van der Waals surface area (Å²) in [5.41, 5.74) is 7.98. The van der Waals surface area contributed by atoms with E-state index in [-0.39, 0.29) is 23.9 Å². The van der Waals surface area contributed by atoms with E-state index in [4.69, 9.17) is 9.72 Å². The Balaban J connectivity index is 0.921. The van der Waals surface area contributed by atoms with Crippen molar-refractivity contribution >= 4 is 11.8 Å². The van der Waals surface area contributed by atoms with Gasteiger partial charge in [0.25, 0.3) is 0 Å². The molecule has 2 amide bonds. The van der Waals surface area contributed by atoms with E-state index in [1.807, 2.05) is 90.8 Å². The Bertz CT molecular complexity index is 2160. The average Bonchev–Trinajstić information content (AvgIpc) is 4.03. The van der Waals surface area contributed by atoms with Gasteiger partial charge in [-0.05, 0) is 60.3 Å². The number of nitrogens with one attached hydrogen (secondary N) is 2. The Morgan fingerprint density at radius 1 is 0.736 bits per heavy atom. The molecule has 4 heterocycles. The zero-order chi connectivity index (χ0) is 36.3. The average molecular weight is 706 g/mol. The van der Waals surface area contributed by atoms with E-state index in [0.29, 0.717) is 25.4 Å². The molecular formula is C43H43N7O3. The Hall–Kier alpha value is -5.84. The van der Waals surface area contributed by atoms with Gasteiger partial charge in [-0.1, -0.05) is 109 Å². The largest absolute Gasteiger partial charge is 0.349 e. The van der Waals surface area contributed by atoms with Crippen molar-refractivity contribution in [3.8, 4) is 33.6 Å². The fraction of sp³-hybridized carbons (Fsp3) is 0.256. The first-order valence-electron chi connectivity index (χ1n) is 18.2. The molecule has 8 rings (SSSR count). The molecule has 0 saturated carbocycles. The molecule has 2 N–H and O–H groups in total. The van der Waals surface area contributed by atoms with Gasteiger partial charge < -0.3 is 24.5 Å². The number of carbonyl (C=O) groups is 2. The second-order valence-electron chi connectivity index (χ2n) is 14.0. The molecule has 0 spiro atoms. The fourth-order valence-corrected chi connectivity index (χ4v) is 7.54. The third kappa shape index (κ3) is 7.16. The maximum absolute atomic E-state index is 13.9. The van der Waals surface area contributed by atoms with Crippen LogP contribution in [0, 0.1) is 0 Å². The van der Waals surface area contributed by atoms with Crippen LogP contribution in [-0.2, 0) is 20.7 Å². The number of ether oxygens (including phenoxy) is 1. The lowest BCUT2D eigenvalue weighted by molar-refractivity contribution is -0.137. The number of benzene rings is 4. The summed E-state index contributed by atoms with van der Waals surface area (Å²) in [5, 5.41) is 0. The standard InChI is InChI=1S/C43H43N7O3/c1-48(2)39(34-12-7-4-8-13-34)42(52)49-23-9-14-37(49)40-44-27-35(46-40)32-19-15-30(16-20-32)31-17-21-33(22-18-31)36-28-45-41(47-36)43-50(24-25-53-43)38(51)26-29-10-5-3-6-11-29/h3-8,10-13,15-22,27-28,37,39,43H,9,14,23-26H2,1-2H3,(H,44,46)(H,45,47)/t37-,39+,43-/m0/s1. The van der Waals surface area contributed by atoms with Gasteiger partial charge in [0.2, 0.25) is 11.8 Å². The molecule has 10 nitrogen and oxygen atoms in total. The lowest BCUT2D eigenvalue weighted by Gasteiger charge is -2.31. The van der Waals surface area contributed by atoms with Crippen LogP contribution in [0.4, 0.5) is 0 Å². The van der Waals surface area contributed by atoms with Crippen LogP contribution >= 0.6 is 0 Å². The second-order valence-corrected chi connectivity index (χ2v) is 14.0. The molecule has 4 aromatic carbocycles. The number of H-pyrrole nitrogens is 2. The van der Waals surface area contributed by atoms with Crippen LogP contribution < -0.4 is 0 Å². The molecule has 2 saturated heterocycles.